The number of carbonyl (C=O) groups is 2. The molecule has 0 saturated heterocycles. The molecule has 1 N–H and O–H groups in total. The predicted octanol–water partition coefficient (Wildman–Crippen LogP) is 3.43. The van der Waals surface area contributed by atoms with Gasteiger partial charge in [-0.3, -0.25) is 9.68 Å². The molecule has 0 amide bonds. The molecule has 6 nitrogen and oxygen atoms in total. The molecule has 0 unspecified atom stereocenters. The van der Waals surface area contributed by atoms with Crippen LogP contribution in [-0.4, -0.2) is 29.7 Å². The van der Waals surface area contributed by atoms with E-state index in [1.165, 1.54) is 0 Å². The average Bonchev–Trinajstić information content (AvgIpc) is 2.42. The van der Waals surface area contributed by atoms with Crippen LogP contribution >= 0.6 is 12.4 Å². The highest BCUT2D eigenvalue weighted by Gasteiger charge is 2.17. The zero-order chi connectivity index (χ0) is 18.4. The van der Waals surface area contributed by atoms with Gasteiger partial charge in [-0.2, -0.15) is 4.89 Å². The fourth-order valence-corrected chi connectivity index (χ4v) is 1.71. The first kappa shape index (κ1) is 23.4. The molecule has 0 bridgehead atoms. The summed E-state index contributed by atoms with van der Waals surface area (Å²) in [5.74, 6) is -0.879. The fraction of sp³-hybridized carbons (Fsp3) is 0.556. The van der Waals surface area contributed by atoms with Gasteiger partial charge >= 0.3 is 11.9 Å². The van der Waals surface area contributed by atoms with Crippen molar-refractivity contribution in [2.24, 2.45) is 0 Å². The van der Waals surface area contributed by atoms with Crippen molar-refractivity contribution >= 4 is 24.3 Å². The molecule has 1 aromatic rings. The number of halogens is 1. The summed E-state index contributed by atoms with van der Waals surface area (Å²) in [6, 6.07) is 6.93. The first-order chi connectivity index (χ1) is 11.0. The van der Waals surface area contributed by atoms with E-state index in [0.717, 1.165) is 5.56 Å². The Balaban J connectivity index is 0.00000576. The number of hydrogen-bond donors (Lipinski definition) is 1. The topological polar surface area (TPSA) is 73.9 Å². The van der Waals surface area contributed by atoms with Crippen molar-refractivity contribution in [3.63, 3.8) is 0 Å². The molecule has 0 aromatic heterocycles. The average molecular weight is 374 g/mol. The lowest BCUT2D eigenvalue weighted by Crippen LogP contribution is -2.31. The monoisotopic (exact) mass is 373 g/mol. The molecule has 142 valence electrons. The van der Waals surface area contributed by atoms with Gasteiger partial charge in [0.2, 0.25) is 0 Å². The highest BCUT2D eigenvalue weighted by molar-refractivity contribution is 5.89. The van der Waals surface area contributed by atoms with Crippen LogP contribution in [0.3, 0.4) is 0 Å². The van der Waals surface area contributed by atoms with Crippen LogP contribution in [-0.2, 0) is 25.9 Å². The molecular weight excluding hydrogens is 346 g/mol. The number of carbonyl (C=O) groups excluding carboxylic acids is 2. The largest absolute Gasteiger partial charge is 0.459 e. The van der Waals surface area contributed by atoms with Crippen molar-refractivity contribution in [3.8, 4) is 0 Å². The van der Waals surface area contributed by atoms with Crippen LogP contribution in [0.25, 0.3) is 0 Å². The normalized spacial score (nSPS) is 11.4. The van der Waals surface area contributed by atoms with E-state index in [9.17, 15) is 9.59 Å². The molecule has 0 atom stereocenters. The standard InChI is InChI=1S/C18H27NO5.ClH/c1-17(2,3)22-15(20)12-19-11-13-8-7-9-14(10-13)16(21)23-24-18(4,5)6;/h7-10,19H,11-12H2,1-6H3;1H. The Hall–Kier alpha value is -1.63. The van der Waals surface area contributed by atoms with Gasteiger partial charge in [-0.15, -0.1) is 12.4 Å². The van der Waals surface area contributed by atoms with Crippen LogP contribution in [0.2, 0.25) is 0 Å². The number of hydrogen-bond acceptors (Lipinski definition) is 6. The van der Waals surface area contributed by atoms with Crippen molar-refractivity contribution in [2.45, 2.75) is 59.3 Å². The van der Waals surface area contributed by atoms with Crippen molar-refractivity contribution in [2.75, 3.05) is 6.54 Å². The quantitative estimate of drug-likeness (QED) is 0.468. The summed E-state index contributed by atoms with van der Waals surface area (Å²) < 4.78 is 5.21. The number of benzene rings is 1. The van der Waals surface area contributed by atoms with Gasteiger partial charge in [0.1, 0.15) is 11.2 Å². The smallest absolute Gasteiger partial charge is 0.373 e. The van der Waals surface area contributed by atoms with E-state index < -0.39 is 17.2 Å². The van der Waals surface area contributed by atoms with Crippen molar-refractivity contribution in [1.29, 1.82) is 0 Å². The summed E-state index contributed by atoms with van der Waals surface area (Å²) in [4.78, 5) is 33.4. The minimum Gasteiger partial charge on any atom is -0.459 e. The molecule has 7 heteroatoms. The van der Waals surface area contributed by atoms with Crippen LogP contribution in [0, 0.1) is 0 Å². The second kappa shape index (κ2) is 9.75. The van der Waals surface area contributed by atoms with Gasteiger partial charge in [-0.25, -0.2) is 4.79 Å². The maximum atomic E-state index is 11.9. The first-order valence-corrected chi connectivity index (χ1v) is 7.88. The van der Waals surface area contributed by atoms with E-state index in [2.05, 4.69) is 5.32 Å². The lowest BCUT2D eigenvalue weighted by molar-refractivity contribution is -0.301. The second-order valence-corrected chi connectivity index (χ2v) is 7.46. The molecule has 25 heavy (non-hydrogen) atoms. The van der Waals surface area contributed by atoms with Gasteiger partial charge in [-0.1, -0.05) is 12.1 Å². The Bertz CT molecular complexity index is 576. The third kappa shape index (κ3) is 10.8. The minimum absolute atomic E-state index is 0. The van der Waals surface area contributed by atoms with E-state index in [-0.39, 0.29) is 24.9 Å². The molecule has 0 heterocycles. The van der Waals surface area contributed by atoms with Gasteiger partial charge in [0, 0.05) is 6.54 Å². The van der Waals surface area contributed by atoms with E-state index in [4.69, 9.17) is 14.5 Å². The second-order valence-electron chi connectivity index (χ2n) is 7.46. The summed E-state index contributed by atoms with van der Waals surface area (Å²) in [6.07, 6.45) is 0. The molecular formula is C18H28ClNO5. The van der Waals surface area contributed by atoms with E-state index in [0.29, 0.717) is 12.1 Å². The first-order valence-electron chi connectivity index (χ1n) is 7.88. The zero-order valence-corrected chi connectivity index (χ0v) is 16.5. The Labute approximate surface area is 155 Å². The summed E-state index contributed by atoms with van der Waals surface area (Å²) in [6.45, 7) is 11.4. The summed E-state index contributed by atoms with van der Waals surface area (Å²) >= 11 is 0. The number of ether oxygens (including phenoxy) is 1. The highest BCUT2D eigenvalue weighted by atomic mass is 35.5. The van der Waals surface area contributed by atoms with Gasteiger partial charge in [-0.05, 0) is 59.2 Å². The summed E-state index contributed by atoms with van der Waals surface area (Å²) in [5.41, 5.74) is 0.164. The Morgan fingerprint density at radius 2 is 1.68 bits per heavy atom. The predicted molar refractivity (Wildman–Crippen MR) is 97.5 cm³/mol. The molecule has 0 aliphatic rings. The van der Waals surface area contributed by atoms with Crippen molar-refractivity contribution < 1.29 is 24.1 Å². The Morgan fingerprint density at radius 3 is 2.24 bits per heavy atom. The molecule has 0 radical (unpaired) electrons. The van der Waals surface area contributed by atoms with E-state index >= 15 is 0 Å². The molecule has 1 rings (SSSR count). The molecule has 0 spiro atoms. The Morgan fingerprint density at radius 1 is 1.04 bits per heavy atom. The fourth-order valence-electron chi connectivity index (χ4n) is 1.71. The van der Waals surface area contributed by atoms with Crippen molar-refractivity contribution in [1.82, 2.24) is 5.32 Å². The van der Waals surface area contributed by atoms with Gasteiger partial charge in [0.15, 0.2) is 0 Å². The van der Waals surface area contributed by atoms with Crippen LogP contribution in [0.1, 0.15) is 57.5 Å². The van der Waals surface area contributed by atoms with Gasteiger partial charge in [0.05, 0.1) is 12.1 Å². The van der Waals surface area contributed by atoms with E-state index in [1.807, 2.05) is 26.8 Å². The Kier molecular flexibility index (Phi) is 9.11. The van der Waals surface area contributed by atoms with Crippen LogP contribution in [0.15, 0.2) is 24.3 Å². The summed E-state index contributed by atoms with van der Waals surface area (Å²) in [7, 11) is 0. The zero-order valence-electron chi connectivity index (χ0n) is 15.7. The number of esters is 1. The maximum Gasteiger partial charge on any atom is 0.373 e. The van der Waals surface area contributed by atoms with E-state index in [1.54, 1.807) is 39.0 Å². The third-order valence-corrected chi connectivity index (χ3v) is 2.55. The number of nitrogens with one attached hydrogen (secondary N) is 1. The summed E-state index contributed by atoms with van der Waals surface area (Å²) in [5, 5.41) is 2.99. The third-order valence-electron chi connectivity index (χ3n) is 2.55. The van der Waals surface area contributed by atoms with Crippen LogP contribution in [0.4, 0.5) is 0 Å². The number of rotatable bonds is 6. The maximum absolute atomic E-state index is 11.9. The van der Waals surface area contributed by atoms with Gasteiger partial charge in [0.25, 0.3) is 0 Å². The lowest BCUT2D eigenvalue weighted by atomic mass is 10.1. The highest BCUT2D eigenvalue weighted by Crippen LogP contribution is 2.12. The molecule has 0 fully saturated rings. The SMILES string of the molecule is CC(C)(C)OOC(=O)c1cccc(CNCC(=O)OC(C)(C)C)c1.Cl. The molecule has 0 aliphatic heterocycles. The molecule has 0 aliphatic carbocycles. The van der Waals surface area contributed by atoms with Crippen molar-refractivity contribution in [3.05, 3.63) is 35.4 Å². The molecule has 0 saturated carbocycles. The lowest BCUT2D eigenvalue weighted by Gasteiger charge is -2.19. The van der Waals surface area contributed by atoms with Crippen LogP contribution < -0.4 is 5.32 Å². The minimum atomic E-state index is -0.567. The van der Waals surface area contributed by atoms with Gasteiger partial charge < -0.3 is 10.1 Å². The molecule has 1 aromatic carbocycles. The van der Waals surface area contributed by atoms with Crippen LogP contribution in [0.5, 0.6) is 0 Å².